The first-order chi connectivity index (χ1) is 16.9. The number of esters is 2. The van der Waals surface area contributed by atoms with Crippen molar-refractivity contribution in [3.63, 3.8) is 0 Å². The summed E-state index contributed by atoms with van der Waals surface area (Å²) >= 11 is 0. The average Bonchev–Trinajstić information content (AvgIpc) is 2.85. The number of fused-ring (bicyclic) bond motifs is 3. The van der Waals surface area contributed by atoms with E-state index in [9.17, 15) is 9.59 Å². The van der Waals surface area contributed by atoms with Crippen molar-refractivity contribution in [2.45, 2.75) is 0 Å². The Morgan fingerprint density at radius 2 is 0.857 bits per heavy atom. The van der Waals surface area contributed by atoms with E-state index in [1.165, 1.54) is 0 Å². The van der Waals surface area contributed by atoms with Crippen LogP contribution in [-0.2, 0) is 23.7 Å². The third-order valence-corrected chi connectivity index (χ3v) is 5.43. The standard InChI is InChI=1S/C26H34N2O7/c1-27(2)19-5-7-21-22-8-6-20(28(3)4)18-24(22)26(30)35-16-14-33-12-10-31-9-11-32-13-15-34-25(29)23(21)17-19/h5-8,17-18H,9-16H2,1-4H3. The molecule has 1 aliphatic rings. The topological polar surface area (TPSA) is 86.8 Å². The Morgan fingerprint density at radius 1 is 0.514 bits per heavy atom. The van der Waals surface area contributed by atoms with Gasteiger partial charge in [0.05, 0.1) is 50.8 Å². The summed E-state index contributed by atoms with van der Waals surface area (Å²) in [6.45, 7) is 2.29. The van der Waals surface area contributed by atoms with Gasteiger partial charge >= 0.3 is 11.9 Å². The molecule has 0 spiro atoms. The zero-order chi connectivity index (χ0) is 25.2. The number of cyclic esters (lactones) is 2. The number of rotatable bonds is 2. The van der Waals surface area contributed by atoms with Crippen LogP contribution in [0.2, 0.25) is 0 Å². The molecular formula is C26H34N2O7. The molecular weight excluding hydrogens is 452 g/mol. The lowest BCUT2D eigenvalue weighted by molar-refractivity contribution is -0.00665. The zero-order valence-corrected chi connectivity index (χ0v) is 20.9. The number of carbonyl (C=O) groups is 2. The van der Waals surface area contributed by atoms with Gasteiger partial charge in [-0.05, 0) is 35.4 Å². The number of ether oxygens (including phenoxy) is 5. The number of nitrogens with zero attached hydrogens (tertiary/aromatic N) is 2. The minimum atomic E-state index is -0.495. The fourth-order valence-corrected chi connectivity index (χ4v) is 3.51. The quantitative estimate of drug-likeness (QED) is 0.595. The first-order valence-corrected chi connectivity index (χ1v) is 11.6. The fraction of sp³-hybridized carbons (Fsp3) is 0.462. The molecule has 9 nitrogen and oxygen atoms in total. The normalized spacial score (nSPS) is 16.5. The molecule has 0 unspecified atom stereocenters. The average molecular weight is 487 g/mol. The molecule has 1 heterocycles. The number of hydrogen-bond acceptors (Lipinski definition) is 9. The van der Waals surface area contributed by atoms with Crippen LogP contribution in [0.4, 0.5) is 11.4 Å². The van der Waals surface area contributed by atoms with E-state index < -0.39 is 11.9 Å². The van der Waals surface area contributed by atoms with Gasteiger partial charge in [-0.1, -0.05) is 12.1 Å². The second-order valence-corrected chi connectivity index (χ2v) is 8.36. The Labute approximate surface area is 206 Å². The van der Waals surface area contributed by atoms with Crippen molar-refractivity contribution >= 4 is 23.3 Å². The van der Waals surface area contributed by atoms with Crippen LogP contribution in [0.3, 0.4) is 0 Å². The summed E-state index contributed by atoms with van der Waals surface area (Å²) < 4.78 is 27.4. The molecule has 0 N–H and O–H groups in total. The molecule has 0 aliphatic carbocycles. The van der Waals surface area contributed by atoms with Crippen LogP contribution in [-0.4, -0.2) is 93.0 Å². The van der Waals surface area contributed by atoms with Gasteiger partial charge in [0.2, 0.25) is 0 Å². The summed E-state index contributed by atoms with van der Waals surface area (Å²) in [7, 11) is 7.57. The molecule has 0 radical (unpaired) electrons. The summed E-state index contributed by atoms with van der Waals surface area (Å²) in [6, 6.07) is 11.0. The maximum absolute atomic E-state index is 13.1. The van der Waals surface area contributed by atoms with Gasteiger partial charge in [-0.25, -0.2) is 9.59 Å². The van der Waals surface area contributed by atoms with E-state index in [2.05, 4.69) is 0 Å². The van der Waals surface area contributed by atoms with Crippen LogP contribution in [0.15, 0.2) is 36.4 Å². The van der Waals surface area contributed by atoms with Gasteiger partial charge in [-0.15, -0.1) is 0 Å². The third kappa shape index (κ3) is 7.42. The van der Waals surface area contributed by atoms with E-state index in [0.29, 0.717) is 48.7 Å². The monoisotopic (exact) mass is 486 g/mol. The second kappa shape index (κ2) is 13.1. The van der Waals surface area contributed by atoms with Crippen LogP contribution in [0.5, 0.6) is 0 Å². The van der Waals surface area contributed by atoms with E-state index in [0.717, 1.165) is 11.4 Å². The largest absolute Gasteiger partial charge is 0.460 e. The molecule has 2 aromatic carbocycles. The molecule has 1 aliphatic heterocycles. The molecule has 0 amide bonds. The number of hydrogen-bond donors (Lipinski definition) is 0. The molecule has 190 valence electrons. The predicted octanol–water partition coefficient (Wildman–Crippen LogP) is 2.86. The summed E-state index contributed by atoms with van der Waals surface area (Å²) in [5.41, 5.74) is 3.54. The molecule has 35 heavy (non-hydrogen) atoms. The van der Waals surface area contributed by atoms with Crippen molar-refractivity contribution in [3.8, 4) is 11.1 Å². The van der Waals surface area contributed by atoms with Crippen LogP contribution >= 0.6 is 0 Å². The highest BCUT2D eigenvalue weighted by atomic mass is 16.6. The molecule has 0 saturated heterocycles. The van der Waals surface area contributed by atoms with E-state index in [-0.39, 0.29) is 26.4 Å². The van der Waals surface area contributed by atoms with E-state index in [4.69, 9.17) is 23.7 Å². The molecule has 0 fully saturated rings. The predicted molar refractivity (Wildman–Crippen MR) is 134 cm³/mol. The highest BCUT2D eigenvalue weighted by molar-refractivity contribution is 6.04. The van der Waals surface area contributed by atoms with E-state index in [1.54, 1.807) is 12.1 Å². The maximum atomic E-state index is 13.1. The second-order valence-electron chi connectivity index (χ2n) is 8.36. The number of benzene rings is 2. The third-order valence-electron chi connectivity index (χ3n) is 5.43. The van der Waals surface area contributed by atoms with Crippen LogP contribution in [0, 0.1) is 0 Å². The van der Waals surface area contributed by atoms with E-state index in [1.807, 2.05) is 62.3 Å². The van der Waals surface area contributed by atoms with Gasteiger partial charge in [-0.3, -0.25) is 0 Å². The Balaban J connectivity index is 2.02. The van der Waals surface area contributed by atoms with Crippen molar-refractivity contribution in [2.24, 2.45) is 0 Å². The lowest BCUT2D eigenvalue weighted by Crippen LogP contribution is -2.16. The minimum absolute atomic E-state index is 0.0992. The summed E-state index contributed by atoms with van der Waals surface area (Å²) in [6.07, 6.45) is 0. The minimum Gasteiger partial charge on any atom is -0.460 e. The van der Waals surface area contributed by atoms with Crippen molar-refractivity contribution in [3.05, 3.63) is 47.5 Å². The SMILES string of the molecule is CN(C)c1ccc2c(c1)C(=O)OCCOCCOCCOCCOC(=O)c1cc(N(C)C)ccc1-2. The summed E-state index contributed by atoms with van der Waals surface area (Å²) in [5, 5.41) is 0. The summed E-state index contributed by atoms with van der Waals surface area (Å²) in [4.78, 5) is 30.0. The molecule has 0 saturated carbocycles. The smallest absolute Gasteiger partial charge is 0.338 e. The van der Waals surface area contributed by atoms with Crippen molar-refractivity contribution < 1.29 is 33.3 Å². The fourth-order valence-electron chi connectivity index (χ4n) is 3.51. The zero-order valence-electron chi connectivity index (χ0n) is 20.9. The first-order valence-electron chi connectivity index (χ1n) is 11.6. The molecule has 9 heteroatoms. The van der Waals surface area contributed by atoms with Crippen molar-refractivity contribution in [2.75, 3.05) is 90.8 Å². The van der Waals surface area contributed by atoms with Crippen LogP contribution in [0.25, 0.3) is 11.1 Å². The Bertz CT molecular complexity index is 928. The van der Waals surface area contributed by atoms with Crippen LogP contribution < -0.4 is 9.80 Å². The molecule has 3 rings (SSSR count). The van der Waals surface area contributed by atoms with Gasteiger partial charge in [0, 0.05) is 39.6 Å². The highest BCUT2D eigenvalue weighted by Crippen LogP contribution is 2.33. The lowest BCUT2D eigenvalue weighted by Gasteiger charge is -2.20. The van der Waals surface area contributed by atoms with Gasteiger partial charge in [-0.2, -0.15) is 0 Å². The van der Waals surface area contributed by atoms with Crippen molar-refractivity contribution in [1.82, 2.24) is 0 Å². The lowest BCUT2D eigenvalue weighted by atomic mass is 9.94. The Morgan fingerprint density at radius 3 is 1.20 bits per heavy atom. The van der Waals surface area contributed by atoms with Gasteiger partial charge in [0.15, 0.2) is 0 Å². The molecule has 2 aromatic rings. The Kier molecular flexibility index (Phi) is 9.89. The summed E-state index contributed by atoms with van der Waals surface area (Å²) in [5.74, 6) is -0.989. The van der Waals surface area contributed by atoms with Gasteiger partial charge in [0.25, 0.3) is 0 Å². The highest BCUT2D eigenvalue weighted by Gasteiger charge is 2.22. The maximum Gasteiger partial charge on any atom is 0.338 e. The van der Waals surface area contributed by atoms with E-state index >= 15 is 0 Å². The number of anilines is 2. The Hall–Kier alpha value is -3.14. The molecule has 0 bridgehead atoms. The van der Waals surface area contributed by atoms with Crippen molar-refractivity contribution in [1.29, 1.82) is 0 Å². The van der Waals surface area contributed by atoms with Gasteiger partial charge in [0.1, 0.15) is 13.2 Å². The molecule has 0 atom stereocenters. The number of carbonyl (C=O) groups excluding carboxylic acids is 2. The first kappa shape index (κ1) is 26.5. The van der Waals surface area contributed by atoms with Crippen LogP contribution in [0.1, 0.15) is 20.7 Å². The molecule has 0 aromatic heterocycles. The van der Waals surface area contributed by atoms with Gasteiger partial charge < -0.3 is 33.5 Å².